The van der Waals surface area contributed by atoms with Crippen molar-refractivity contribution in [2.75, 3.05) is 23.8 Å². The van der Waals surface area contributed by atoms with Crippen LogP contribution in [0.5, 0.6) is 5.75 Å². The molecule has 0 fully saturated rings. The number of nitrogens with zero attached hydrogens (tertiary/aromatic N) is 4. The molecule has 3 aromatic rings. The van der Waals surface area contributed by atoms with E-state index < -0.39 is 5.82 Å². The summed E-state index contributed by atoms with van der Waals surface area (Å²) < 4.78 is 19.7. The first-order chi connectivity index (χ1) is 13.0. The molecule has 0 aliphatic heterocycles. The molecule has 0 saturated carbocycles. The average molecular weight is 367 g/mol. The molecule has 138 valence electrons. The number of aryl methyl sites for hydroxylation is 2. The lowest BCUT2D eigenvalue weighted by molar-refractivity contribution is 0.331. The van der Waals surface area contributed by atoms with Crippen LogP contribution in [0, 0.1) is 31.0 Å². The van der Waals surface area contributed by atoms with Gasteiger partial charge in [-0.15, -0.1) is 0 Å². The van der Waals surface area contributed by atoms with Crippen molar-refractivity contribution in [2.45, 2.75) is 13.8 Å². The van der Waals surface area contributed by atoms with E-state index in [9.17, 15) is 9.65 Å². The van der Waals surface area contributed by atoms with Gasteiger partial charge in [-0.3, -0.25) is 10.1 Å². The Balaban J connectivity index is 1.65. The number of anilines is 3. The average Bonchev–Trinajstić information content (AvgIpc) is 3.07. The van der Waals surface area contributed by atoms with Gasteiger partial charge < -0.3 is 15.4 Å². The molecule has 27 heavy (non-hydrogen) atoms. The fourth-order valence-corrected chi connectivity index (χ4v) is 2.28. The number of pyridine rings is 2. The SMILES string of the molecule is Cc1ccc(OCCNc2nc(Nc3cc(C)[nH]n3)c(F)cc2C#N)cn1. The summed E-state index contributed by atoms with van der Waals surface area (Å²) in [6, 6.07) is 8.46. The summed E-state index contributed by atoms with van der Waals surface area (Å²) >= 11 is 0. The normalized spacial score (nSPS) is 10.3. The van der Waals surface area contributed by atoms with Gasteiger partial charge in [0.05, 0.1) is 18.3 Å². The number of halogens is 1. The van der Waals surface area contributed by atoms with Gasteiger partial charge in [0.15, 0.2) is 17.5 Å². The van der Waals surface area contributed by atoms with Crippen LogP contribution in [0.4, 0.5) is 21.8 Å². The van der Waals surface area contributed by atoms with E-state index in [2.05, 4.69) is 30.8 Å². The number of aromatic nitrogens is 4. The number of hydrogen-bond acceptors (Lipinski definition) is 7. The maximum Gasteiger partial charge on any atom is 0.170 e. The molecule has 3 heterocycles. The molecule has 8 nitrogen and oxygen atoms in total. The van der Waals surface area contributed by atoms with E-state index in [4.69, 9.17) is 4.74 Å². The number of ether oxygens (including phenoxy) is 1. The topological polar surface area (TPSA) is 112 Å². The van der Waals surface area contributed by atoms with Crippen LogP contribution >= 0.6 is 0 Å². The smallest absolute Gasteiger partial charge is 0.170 e. The van der Waals surface area contributed by atoms with Crippen molar-refractivity contribution in [1.82, 2.24) is 20.2 Å². The maximum atomic E-state index is 14.2. The van der Waals surface area contributed by atoms with Gasteiger partial charge in [0, 0.05) is 17.5 Å². The Kier molecular flexibility index (Phi) is 5.47. The summed E-state index contributed by atoms with van der Waals surface area (Å²) in [5.74, 6) is 0.682. The highest BCUT2D eigenvalue weighted by molar-refractivity contribution is 5.61. The summed E-state index contributed by atoms with van der Waals surface area (Å²) in [5.41, 5.74) is 1.84. The monoisotopic (exact) mass is 367 g/mol. The second kappa shape index (κ2) is 8.14. The van der Waals surface area contributed by atoms with E-state index in [1.54, 1.807) is 12.3 Å². The Morgan fingerprint density at radius 3 is 2.78 bits per heavy atom. The molecule has 0 unspecified atom stereocenters. The molecular formula is C18H18FN7O. The molecule has 9 heteroatoms. The third-order valence-corrected chi connectivity index (χ3v) is 3.60. The minimum absolute atomic E-state index is 0.0216. The Labute approximate surface area is 155 Å². The summed E-state index contributed by atoms with van der Waals surface area (Å²) in [5, 5.41) is 21.7. The molecule has 0 saturated heterocycles. The fraction of sp³-hybridized carbons (Fsp3) is 0.222. The quantitative estimate of drug-likeness (QED) is 0.550. The van der Waals surface area contributed by atoms with Crippen molar-refractivity contribution in [3.05, 3.63) is 53.2 Å². The van der Waals surface area contributed by atoms with E-state index in [-0.39, 0.29) is 17.2 Å². The molecular weight excluding hydrogens is 349 g/mol. The highest BCUT2D eigenvalue weighted by atomic mass is 19.1. The van der Waals surface area contributed by atoms with Gasteiger partial charge in [-0.05, 0) is 32.0 Å². The predicted molar refractivity (Wildman–Crippen MR) is 98.5 cm³/mol. The lowest BCUT2D eigenvalue weighted by atomic mass is 10.2. The highest BCUT2D eigenvalue weighted by Crippen LogP contribution is 2.22. The van der Waals surface area contributed by atoms with Crippen LogP contribution in [0.2, 0.25) is 0 Å². The summed E-state index contributed by atoms with van der Waals surface area (Å²) in [7, 11) is 0. The molecule has 3 aromatic heterocycles. The number of nitriles is 1. The lowest BCUT2D eigenvalue weighted by Crippen LogP contribution is -2.14. The first kappa shape index (κ1) is 18.1. The van der Waals surface area contributed by atoms with E-state index >= 15 is 0 Å². The number of H-pyrrole nitrogens is 1. The van der Waals surface area contributed by atoms with Crippen molar-refractivity contribution >= 4 is 17.5 Å². The van der Waals surface area contributed by atoms with Crippen molar-refractivity contribution in [1.29, 1.82) is 5.26 Å². The second-order valence-electron chi connectivity index (χ2n) is 5.80. The minimum atomic E-state index is -0.639. The van der Waals surface area contributed by atoms with Crippen LogP contribution in [-0.2, 0) is 0 Å². The molecule has 0 amide bonds. The zero-order chi connectivity index (χ0) is 19.2. The molecule has 0 aromatic carbocycles. The maximum absolute atomic E-state index is 14.2. The zero-order valence-corrected chi connectivity index (χ0v) is 14.9. The Hall–Kier alpha value is -3.67. The number of hydrogen-bond donors (Lipinski definition) is 3. The van der Waals surface area contributed by atoms with Gasteiger partial charge in [0.25, 0.3) is 0 Å². The Morgan fingerprint density at radius 1 is 1.26 bits per heavy atom. The number of aromatic amines is 1. The van der Waals surface area contributed by atoms with E-state index in [1.165, 1.54) is 0 Å². The molecule has 3 N–H and O–H groups in total. The summed E-state index contributed by atoms with van der Waals surface area (Å²) in [6.45, 7) is 4.43. The molecule has 0 aliphatic rings. The standard InChI is InChI=1S/C18H18FN7O/c1-11-3-4-14(10-22-11)27-6-5-21-17-13(9-20)8-15(19)18(24-17)23-16-7-12(2)25-26-16/h3-4,7-8,10H,5-6H2,1-2H3,(H3,21,23,24,25,26). The minimum Gasteiger partial charge on any atom is -0.490 e. The lowest BCUT2D eigenvalue weighted by Gasteiger charge is -2.11. The molecule has 0 atom stereocenters. The van der Waals surface area contributed by atoms with Crippen LogP contribution in [0.25, 0.3) is 0 Å². The van der Waals surface area contributed by atoms with Crippen molar-refractivity contribution in [3.8, 4) is 11.8 Å². The summed E-state index contributed by atoms with van der Waals surface area (Å²) in [4.78, 5) is 8.31. The van der Waals surface area contributed by atoms with E-state index in [0.717, 1.165) is 17.5 Å². The van der Waals surface area contributed by atoms with Crippen LogP contribution in [-0.4, -0.2) is 33.3 Å². The van der Waals surface area contributed by atoms with E-state index in [0.29, 0.717) is 24.7 Å². The van der Waals surface area contributed by atoms with Gasteiger partial charge in [-0.25, -0.2) is 9.37 Å². The largest absolute Gasteiger partial charge is 0.490 e. The predicted octanol–water partition coefficient (Wildman–Crippen LogP) is 3.06. The second-order valence-corrected chi connectivity index (χ2v) is 5.80. The van der Waals surface area contributed by atoms with Gasteiger partial charge in [-0.1, -0.05) is 0 Å². The number of rotatable bonds is 7. The van der Waals surface area contributed by atoms with Crippen LogP contribution < -0.4 is 15.4 Å². The van der Waals surface area contributed by atoms with Gasteiger partial charge in [0.1, 0.15) is 24.2 Å². The first-order valence-corrected chi connectivity index (χ1v) is 8.24. The highest BCUT2D eigenvalue weighted by Gasteiger charge is 2.13. The molecule has 0 spiro atoms. The van der Waals surface area contributed by atoms with Crippen LogP contribution in [0.1, 0.15) is 17.0 Å². The molecule has 3 rings (SSSR count). The molecule has 0 bridgehead atoms. The zero-order valence-electron chi connectivity index (χ0n) is 14.9. The summed E-state index contributed by atoms with van der Waals surface area (Å²) in [6.07, 6.45) is 1.64. The van der Waals surface area contributed by atoms with Crippen LogP contribution in [0.15, 0.2) is 30.5 Å². The molecule has 0 aliphatic carbocycles. The third kappa shape index (κ3) is 4.70. The van der Waals surface area contributed by atoms with Gasteiger partial charge in [0.2, 0.25) is 0 Å². The first-order valence-electron chi connectivity index (χ1n) is 8.24. The molecule has 0 radical (unpaired) electrons. The van der Waals surface area contributed by atoms with Crippen LogP contribution in [0.3, 0.4) is 0 Å². The van der Waals surface area contributed by atoms with Gasteiger partial charge in [-0.2, -0.15) is 10.4 Å². The third-order valence-electron chi connectivity index (χ3n) is 3.60. The Bertz CT molecular complexity index is 963. The Morgan fingerprint density at radius 2 is 2.11 bits per heavy atom. The van der Waals surface area contributed by atoms with Crippen molar-refractivity contribution < 1.29 is 9.13 Å². The van der Waals surface area contributed by atoms with Gasteiger partial charge >= 0.3 is 0 Å². The van der Waals surface area contributed by atoms with E-state index in [1.807, 2.05) is 32.0 Å². The fourth-order valence-electron chi connectivity index (χ4n) is 2.28. The number of nitrogens with one attached hydrogen (secondary N) is 3. The van der Waals surface area contributed by atoms with Crippen molar-refractivity contribution in [3.63, 3.8) is 0 Å². The van der Waals surface area contributed by atoms with Crippen molar-refractivity contribution in [2.24, 2.45) is 0 Å².